The Labute approximate surface area is 183 Å². The summed E-state index contributed by atoms with van der Waals surface area (Å²) < 4.78 is 0. The van der Waals surface area contributed by atoms with Crippen LogP contribution in [-0.2, 0) is 20.9 Å². The van der Waals surface area contributed by atoms with Gasteiger partial charge in [0.05, 0.1) is 23.5 Å². The van der Waals surface area contributed by atoms with Gasteiger partial charge < -0.3 is 4.90 Å². The van der Waals surface area contributed by atoms with Gasteiger partial charge in [-0.05, 0) is 29.8 Å². The van der Waals surface area contributed by atoms with Gasteiger partial charge in [-0.2, -0.15) is 0 Å². The molecule has 2 aliphatic heterocycles. The van der Waals surface area contributed by atoms with Crippen molar-refractivity contribution in [3.8, 4) is 0 Å². The van der Waals surface area contributed by atoms with Crippen molar-refractivity contribution >= 4 is 46.3 Å². The van der Waals surface area contributed by atoms with Crippen molar-refractivity contribution in [2.45, 2.75) is 6.54 Å². The van der Waals surface area contributed by atoms with Crippen LogP contribution in [0, 0.1) is 0 Å². The summed E-state index contributed by atoms with van der Waals surface area (Å²) in [6.07, 6.45) is 0. The van der Waals surface area contributed by atoms with Gasteiger partial charge in [-0.25, -0.2) is 5.01 Å². The Balaban J connectivity index is 1.60. The summed E-state index contributed by atoms with van der Waals surface area (Å²) in [6, 6.07) is 23.2. The number of hydrogen-bond donors (Lipinski definition) is 1. The van der Waals surface area contributed by atoms with E-state index in [0.717, 1.165) is 10.6 Å². The number of fused-ring (bicyclic) bond motifs is 1. The Morgan fingerprint density at radius 1 is 0.742 bits per heavy atom. The van der Waals surface area contributed by atoms with Crippen molar-refractivity contribution in [2.75, 3.05) is 9.91 Å². The molecular formula is C24H16ClN3O3. The number of benzene rings is 3. The molecule has 3 aromatic rings. The first-order valence-corrected chi connectivity index (χ1v) is 10.0. The summed E-state index contributed by atoms with van der Waals surface area (Å²) in [5.41, 5.74) is 4.97. The molecule has 0 spiro atoms. The molecule has 0 aromatic heterocycles. The monoisotopic (exact) mass is 429 g/mol. The van der Waals surface area contributed by atoms with Gasteiger partial charge in [-0.3, -0.25) is 19.8 Å². The highest BCUT2D eigenvalue weighted by Crippen LogP contribution is 2.41. The first kappa shape index (κ1) is 19.1. The summed E-state index contributed by atoms with van der Waals surface area (Å²) in [4.78, 5) is 41.0. The number of nitrogens with one attached hydrogen (secondary N) is 1. The maximum atomic E-state index is 13.5. The Morgan fingerprint density at radius 2 is 1.42 bits per heavy atom. The first-order chi connectivity index (χ1) is 15.1. The summed E-state index contributed by atoms with van der Waals surface area (Å²) in [6.45, 7) is 0.227. The quantitative estimate of drug-likeness (QED) is 0.509. The van der Waals surface area contributed by atoms with Crippen LogP contribution in [0.4, 0.5) is 11.4 Å². The number of amides is 3. The van der Waals surface area contributed by atoms with Crippen LogP contribution in [0.25, 0.3) is 5.57 Å². The average molecular weight is 430 g/mol. The molecule has 0 aliphatic carbocycles. The van der Waals surface area contributed by atoms with Crippen LogP contribution in [0.3, 0.4) is 0 Å². The highest BCUT2D eigenvalue weighted by Gasteiger charge is 2.44. The van der Waals surface area contributed by atoms with Crippen LogP contribution in [0.5, 0.6) is 0 Å². The highest BCUT2D eigenvalue weighted by molar-refractivity contribution is 6.45. The second kappa shape index (κ2) is 7.41. The zero-order valence-corrected chi connectivity index (χ0v) is 17.0. The normalized spacial score (nSPS) is 17.9. The van der Waals surface area contributed by atoms with Crippen LogP contribution < -0.4 is 15.3 Å². The number of carbonyl (C=O) groups is 3. The van der Waals surface area contributed by atoms with E-state index in [1.54, 1.807) is 53.4 Å². The number of carbonyl (C=O) groups excluding carboxylic acids is 3. The van der Waals surface area contributed by atoms with Gasteiger partial charge >= 0.3 is 0 Å². The van der Waals surface area contributed by atoms with Gasteiger partial charge in [0, 0.05) is 10.6 Å². The second-order valence-electron chi connectivity index (χ2n) is 7.17. The molecule has 0 unspecified atom stereocenters. The summed E-state index contributed by atoms with van der Waals surface area (Å²) in [5.74, 6) is -1.57. The van der Waals surface area contributed by atoms with Gasteiger partial charge in [-0.15, -0.1) is 0 Å². The van der Waals surface area contributed by atoms with E-state index < -0.39 is 17.7 Å². The van der Waals surface area contributed by atoms with E-state index in [2.05, 4.69) is 5.43 Å². The van der Waals surface area contributed by atoms with Crippen molar-refractivity contribution < 1.29 is 14.4 Å². The maximum Gasteiger partial charge on any atom is 0.283 e. The van der Waals surface area contributed by atoms with Crippen molar-refractivity contribution in [3.63, 3.8) is 0 Å². The molecule has 2 aliphatic rings. The predicted molar refractivity (Wildman–Crippen MR) is 118 cm³/mol. The summed E-state index contributed by atoms with van der Waals surface area (Å²) in [7, 11) is 0. The lowest BCUT2D eigenvalue weighted by Gasteiger charge is -2.18. The first-order valence-electron chi connectivity index (χ1n) is 9.65. The summed E-state index contributed by atoms with van der Waals surface area (Å²) in [5, 5.41) is 1.70. The molecule has 31 heavy (non-hydrogen) atoms. The lowest BCUT2D eigenvalue weighted by atomic mass is 10.0. The Morgan fingerprint density at radius 3 is 2.19 bits per heavy atom. The molecule has 1 fully saturated rings. The Hall–Kier alpha value is -3.90. The zero-order valence-electron chi connectivity index (χ0n) is 16.2. The fourth-order valence-corrected chi connectivity index (χ4v) is 4.07. The number of nitrogens with zero attached hydrogens (tertiary/aromatic N) is 2. The van der Waals surface area contributed by atoms with E-state index in [1.807, 2.05) is 30.3 Å². The fraction of sp³-hybridized carbons (Fsp3) is 0.0417. The molecule has 6 nitrogen and oxygen atoms in total. The molecule has 0 atom stereocenters. The number of rotatable bonds is 3. The lowest BCUT2D eigenvalue weighted by Crippen LogP contribution is -2.35. The van der Waals surface area contributed by atoms with Gasteiger partial charge in [0.25, 0.3) is 17.7 Å². The smallest absolute Gasteiger partial charge is 0.283 e. The van der Waals surface area contributed by atoms with Crippen LogP contribution in [0.2, 0.25) is 5.02 Å². The van der Waals surface area contributed by atoms with E-state index in [9.17, 15) is 14.4 Å². The minimum Gasteiger partial charge on any atom is -0.303 e. The molecule has 2 heterocycles. The minimum absolute atomic E-state index is 0.101. The predicted octanol–water partition coefficient (Wildman–Crippen LogP) is 3.72. The largest absolute Gasteiger partial charge is 0.303 e. The number of hydrogen-bond acceptors (Lipinski definition) is 3. The zero-order chi connectivity index (χ0) is 21.5. The molecule has 1 N–H and O–H groups in total. The van der Waals surface area contributed by atoms with E-state index >= 15 is 0 Å². The average Bonchev–Trinajstić information content (AvgIpc) is 3.23. The third-order valence-corrected chi connectivity index (χ3v) is 5.70. The van der Waals surface area contributed by atoms with E-state index in [1.165, 1.54) is 0 Å². The number of para-hydroxylation sites is 2. The topological polar surface area (TPSA) is 69.7 Å². The fourth-order valence-electron chi connectivity index (χ4n) is 3.87. The van der Waals surface area contributed by atoms with Gasteiger partial charge in [0.15, 0.2) is 0 Å². The Kier molecular flexibility index (Phi) is 4.56. The molecule has 3 aromatic carbocycles. The molecule has 0 radical (unpaired) electrons. The number of halogens is 1. The third kappa shape index (κ3) is 3.08. The van der Waals surface area contributed by atoms with Crippen LogP contribution >= 0.6 is 11.6 Å². The highest BCUT2D eigenvalue weighted by atomic mass is 35.5. The SMILES string of the molecule is O=C1NN(c2ccccc2)C(=O)/C1=C1\C(=O)N(Cc2ccccc2Cl)c2ccccc21. The van der Waals surface area contributed by atoms with Crippen LogP contribution in [0.1, 0.15) is 11.1 Å². The third-order valence-electron chi connectivity index (χ3n) is 5.33. The molecule has 0 bridgehead atoms. The lowest BCUT2D eigenvalue weighted by molar-refractivity contribution is -0.118. The molecular weight excluding hydrogens is 414 g/mol. The maximum absolute atomic E-state index is 13.5. The van der Waals surface area contributed by atoms with Gasteiger partial charge in [-0.1, -0.05) is 66.2 Å². The van der Waals surface area contributed by atoms with E-state index in [4.69, 9.17) is 11.6 Å². The molecule has 1 saturated heterocycles. The molecule has 3 amide bonds. The van der Waals surface area contributed by atoms with Gasteiger partial charge in [0.2, 0.25) is 0 Å². The van der Waals surface area contributed by atoms with E-state index in [0.29, 0.717) is 22.0 Å². The number of hydrazine groups is 1. The number of anilines is 2. The minimum atomic E-state index is -0.605. The Bertz CT molecular complexity index is 1270. The second-order valence-corrected chi connectivity index (χ2v) is 7.57. The van der Waals surface area contributed by atoms with Crippen molar-refractivity contribution in [3.05, 3.63) is 101 Å². The van der Waals surface area contributed by atoms with Crippen molar-refractivity contribution in [2.24, 2.45) is 0 Å². The van der Waals surface area contributed by atoms with Crippen molar-refractivity contribution in [1.29, 1.82) is 0 Å². The molecule has 7 heteroatoms. The standard InChI is InChI=1S/C24H16ClN3O3/c25-18-12-6-4-8-15(18)14-27-19-13-7-5-11-17(19)20(23(27)30)21-22(29)26-28(24(21)31)16-9-2-1-3-10-16/h1-13H,14H2,(H,26,29)/b21-20-. The van der Waals surface area contributed by atoms with Crippen molar-refractivity contribution in [1.82, 2.24) is 5.43 Å². The molecule has 152 valence electrons. The molecule has 0 saturated carbocycles. The van der Waals surface area contributed by atoms with Crippen LogP contribution in [0.15, 0.2) is 84.4 Å². The summed E-state index contributed by atoms with van der Waals surface area (Å²) >= 11 is 6.30. The molecule has 5 rings (SSSR count). The van der Waals surface area contributed by atoms with Gasteiger partial charge in [0.1, 0.15) is 5.57 Å². The van der Waals surface area contributed by atoms with Crippen LogP contribution in [-0.4, -0.2) is 17.7 Å². The van der Waals surface area contributed by atoms with E-state index in [-0.39, 0.29) is 17.7 Å².